The van der Waals surface area contributed by atoms with Gasteiger partial charge in [-0.3, -0.25) is 19.4 Å². The molecule has 0 radical (unpaired) electrons. The summed E-state index contributed by atoms with van der Waals surface area (Å²) >= 11 is 0. The molecule has 0 aliphatic carbocycles. The van der Waals surface area contributed by atoms with Crippen LogP contribution in [0.15, 0.2) is 91.6 Å². The number of carbonyl (C=O) groups excluding carboxylic acids is 2. The first-order valence-electron chi connectivity index (χ1n) is 18.7. The van der Waals surface area contributed by atoms with Gasteiger partial charge in [-0.2, -0.15) is 33.3 Å². The number of aromatic nitrogens is 10. The van der Waals surface area contributed by atoms with Crippen molar-refractivity contribution in [2.24, 2.45) is 14.1 Å². The fraction of sp³-hybridized carbons (Fsp3) is 0.171. The number of rotatable bonds is 13. The number of anilines is 4. The van der Waals surface area contributed by atoms with Crippen LogP contribution in [-0.4, -0.2) is 80.6 Å². The highest BCUT2D eigenvalue weighted by Crippen LogP contribution is 2.31. The Labute approximate surface area is 339 Å². The van der Waals surface area contributed by atoms with Crippen molar-refractivity contribution >= 4 is 63.0 Å². The lowest BCUT2D eigenvalue weighted by Crippen LogP contribution is -2.33. The fourth-order valence-electron chi connectivity index (χ4n) is 6.61. The molecule has 0 bridgehead atoms. The second kappa shape index (κ2) is 15.8. The Morgan fingerprint density at radius 3 is 2.02 bits per heavy atom. The number of hydrogen-bond acceptors (Lipinski definition) is 10. The van der Waals surface area contributed by atoms with Gasteiger partial charge in [0.1, 0.15) is 6.54 Å². The number of halogens is 3. The molecule has 60 heavy (non-hydrogen) atoms. The molecule has 4 aromatic carbocycles. The molecule has 8 rings (SSSR count). The summed E-state index contributed by atoms with van der Waals surface area (Å²) in [7, 11) is 3.52. The van der Waals surface area contributed by atoms with E-state index in [1.54, 1.807) is 60.0 Å². The minimum Gasteiger partial charge on any atom is -0.352 e. The number of fused-ring (bicyclic) bond motifs is 2. The van der Waals surface area contributed by atoms with Gasteiger partial charge in [-0.15, -0.1) is 10.2 Å². The summed E-state index contributed by atoms with van der Waals surface area (Å²) in [4.78, 5) is 33.6. The van der Waals surface area contributed by atoms with Crippen LogP contribution in [0.5, 0.6) is 0 Å². The van der Waals surface area contributed by atoms with Crippen LogP contribution in [0, 0.1) is 0 Å². The summed E-state index contributed by atoms with van der Waals surface area (Å²) in [6.07, 6.45) is -0.945. The highest BCUT2D eigenvalue weighted by Gasteiger charge is 2.28. The molecule has 16 nitrogen and oxygen atoms in total. The van der Waals surface area contributed by atoms with Gasteiger partial charge in [0, 0.05) is 70.6 Å². The Bertz CT molecular complexity index is 2890. The standard InChI is InChI=1S/C41H37F3N14O2/c1-5-28-30-20-47-58(34(30)18-17-31(28)49-40-51-36(55-57(40)4)24-7-11-25(12-8-24)37(59)45-6-2)21-33-29-19-27(15-16-32(29)52-53-33)48-39-50-35(54-56(39)3)23-9-13-26(14-10-23)38(60)46-22-41(42,43)44/h5,7-20H,1,6,21-22H2,2-4H3,(H,45,59)(H,46,60)(H,52,53)(H,48,50,54)(H,49,51,55). The maximum absolute atomic E-state index is 12.5. The third-order valence-electron chi connectivity index (χ3n) is 9.64. The Morgan fingerprint density at radius 2 is 1.42 bits per heavy atom. The van der Waals surface area contributed by atoms with Gasteiger partial charge < -0.3 is 21.3 Å². The second-order valence-corrected chi connectivity index (χ2v) is 13.7. The number of benzene rings is 4. The van der Waals surface area contributed by atoms with Crippen molar-refractivity contribution in [3.8, 4) is 22.8 Å². The van der Waals surface area contributed by atoms with Crippen molar-refractivity contribution in [2.75, 3.05) is 23.7 Å². The Kier molecular flexibility index (Phi) is 10.3. The lowest BCUT2D eigenvalue weighted by atomic mass is 10.1. The van der Waals surface area contributed by atoms with E-state index in [0.29, 0.717) is 47.8 Å². The van der Waals surface area contributed by atoms with Gasteiger partial charge in [-0.25, -0.2) is 9.36 Å². The molecule has 0 saturated heterocycles. The Hall–Kier alpha value is -7.83. The molecule has 0 unspecified atom stereocenters. The molecule has 0 aliphatic heterocycles. The zero-order valence-corrected chi connectivity index (χ0v) is 32.5. The smallest absolute Gasteiger partial charge is 0.352 e. The number of H-pyrrole nitrogens is 1. The number of aryl methyl sites for hydroxylation is 2. The molecule has 8 aromatic rings. The Morgan fingerprint density at radius 1 is 0.800 bits per heavy atom. The van der Waals surface area contributed by atoms with E-state index >= 15 is 0 Å². The molecular weight excluding hydrogens is 778 g/mol. The summed E-state index contributed by atoms with van der Waals surface area (Å²) in [5, 5.41) is 34.6. The van der Waals surface area contributed by atoms with Gasteiger partial charge in [0.2, 0.25) is 11.9 Å². The van der Waals surface area contributed by atoms with E-state index in [9.17, 15) is 22.8 Å². The summed E-state index contributed by atoms with van der Waals surface area (Å²) in [5.74, 6) is 0.848. The maximum Gasteiger partial charge on any atom is 0.405 e. The number of hydrogen-bond donors (Lipinski definition) is 5. The summed E-state index contributed by atoms with van der Waals surface area (Å²) in [5.41, 5.74) is 6.76. The predicted molar refractivity (Wildman–Crippen MR) is 221 cm³/mol. The average Bonchev–Trinajstić information content (AvgIpc) is 4.03. The van der Waals surface area contributed by atoms with Crippen molar-refractivity contribution < 1.29 is 22.8 Å². The van der Waals surface area contributed by atoms with E-state index in [-0.39, 0.29) is 11.5 Å². The van der Waals surface area contributed by atoms with Crippen LogP contribution >= 0.6 is 0 Å². The zero-order chi connectivity index (χ0) is 42.1. The largest absolute Gasteiger partial charge is 0.405 e. The average molecular weight is 815 g/mol. The number of nitrogens with one attached hydrogen (secondary N) is 5. The van der Waals surface area contributed by atoms with E-state index in [0.717, 1.165) is 50.0 Å². The highest BCUT2D eigenvalue weighted by molar-refractivity contribution is 5.96. The van der Waals surface area contributed by atoms with Crippen LogP contribution < -0.4 is 21.3 Å². The summed E-state index contributed by atoms with van der Waals surface area (Å²) in [6, 6.07) is 22.8. The van der Waals surface area contributed by atoms with Gasteiger partial charge in [-0.05, 0) is 61.5 Å². The molecule has 304 valence electrons. The first kappa shape index (κ1) is 39.0. The molecule has 0 aliphatic rings. The molecule has 0 saturated carbocycles. The van der Waals surface area contributed by atoms with Crippen LogP contribution in [0.4, 0.5) is 36.4 Å². The second-order valence-electron chi connectivity index (χ2n) is 13.7. The van der Waals surface area contributed by atoms with Crippen molar-refractivity contribution in [1.82, 2.24) is 60.1 Å². The number of alkyl halides is 3. The van der Waals surface area contributed by atoms with Gasteiger partial charge in [0.15, 0.2) is 11.6 Å². The minimum absolute atomic E-state index is 0.0838. The lowest BCUT2D eigenvalue weighted by Gasteiger charge is -2.10. The minimum atomic E-state index is -4.50. The van der Waals surface area contributed by atoms with E-state index in [1.807, 2.05) is 59.4 Å². The lowest BCUT2D eigenvalue weighted by molar-refractivity contribution is -0.123. The molecule has 5 N–H and O–H groups in total. The van der Waals surface area contributed by atoms with Gasteiger partial charge in [0.25, 0.3) is 11.8 Å². The molecule has 0 spiro atoms. The van der Waals surface area contributed by atoms with Gasteiger partial charge in [-0.1, -0.05) is 36.9 Å². The van der Waals surface area contributed by atoms with E-state index < -0.39 is 18.6 Å². The molecular formula is C41H37F3N14O2. The molecule has 0 fully saturated rings. The fourth-order valence-corrected chi connectivity index (χ4v) is 6.61. The molecule has 0 atom stereocenters. The molecule has 19 heteroatoms. The third-order valence-corrected chi connectivity index (χ3v) is 9.64. The zero-order valence-electron chi connectivity index (χ0n) is 32.5. The number of aromatic amines is 1. The van der Waals surface area contributed by atoms with Crippen molar-refractivity contribution in [3.63, 3.8) is 0 Å². The van der Waals surface area contributed by atoms with Crippen LogP contribution in [0.3, 0.4) is 0 Å². The van der Waals surface area contributed by atoms with E-state index in [2.05, 4.69) is 47.9 Å². The van der Waals surface area contributed by atoms with Crippen LogP contribution in [0.25, 0.3) is 50.7 Å². The molecule has 4 aromatic heterocycles. The highest BCUT2D eigenvalue weighted by atomic mass is 19.4. The van der Waals surface area contributed by atoms with Crippen LogP contribution in [0.1, 0.15) is 38.9 Å². The number of amides is 2. The normalized spacial score (nSPS) is 11.6. The van der Waals surface area contributed by atoms with Crippen LogP contribution in [0.2, 0.25) is 0 Å². The van der Waals surface area contributed by atoms with Crippen LogP contribution in [-0.2, 0) is 20.6 Å². The van der Waals surface area contributed by atoms with Crippen molar-refractivity contribution in [1.29, 1.82) is 0 Å². The first-order valence-corrected chi connectivity index (χ1v) is 18.7. The van der Waals surface area contributed by atoms with Crippen molar-refractivity contribution in [3.05, 3.63) is 114 Å². The predicted octanol–water partition coefficient (Wildman–Crippen LogP) is 6.72. The number of carbonyl (C=O) groups is 2. The van der Waals surface area contributed by atoms with E-state index in [1.165, 1.54) is 12.1 Å². The molecule has 4 heterocycles. The van der Waals surface area contributed by atoms with Gasteiger partial charge >= 0.3 is 6.18 Å². The third kappa shape index (κ3) is 8.00. The molecule has 2 amide bonds. The summed E-state index contributed by atoms with van der Waals surface area (Å²) < 4.78 is 42.6. The first-order chi connectivity index (χ1) is 28.9. The van der Waals surface area contributed by atoms with Crippen molar-refractivity contribution in [2.45, 2.75) is 19.6 Å². The van der Waals surface area contributed by atoms with Gasteiger partial charge in [0.05, 0.1) is 29.5 Å². The SMILES string of the molecule is C=Cc1c(Nc2nc(-c3ccc(C(=O)NCC)cc3)nn2C)ccc2c1cnn2Cc1n[nH]c2ccc(Nc3nc(-c4ccc(C(=O)NCC(F)(F)F)cc4)nn3C)cc12. The van der Waals surface area contributed by atoms with E-state index in [4.69, 9.17) is 10.1 Å². The summed E-state index contributed by atoms with van der Waals surface area (Å²) in [6.45, 7) is 5.44. The Balaban J connectivity index is 0.975. The monoisotopic (exact) mass is 814 g/mol. The topological polar surface area (TPSA) is 190 Å². The quantitative estimate of drug-likeness (QED) is 0.0835. The maximum atomic E-state index is 12.5. The number of nitrogens with zero attached hydrogens (tertiary/aromatic N) is 9.